The van der Waals surface area contributed by atoms with Gasteiger partial charge in [-0.05, 0) is 23.8 Å². The van der Waals surface area contributed by atoms with E-state index in [9.17, 15) is 13.6 Å². The molecule has 0 aliphatic carbocycles. The molecular formula is C17H18ClF2N3O3. The Hall–Kier alpha value is -2.61. The van der Waals surface area contributed by atoms with Crippen molar-refractivity contribution in [2.45, 2.75) is 13.1 Å². The van der Waals surface area contributed by atoms with Crippen LogP contribution >= 0.6 is 11.6 Å². The van der Waals surface area contributed by atoms with E-state index in [4.69, 9.17) is 21.1 Å². The Balaban J connectivity index is 2.11. The summed E-state index contributed by atoms with van der Waals surface area (Å²) in [5.74, 6) is 0.547. The molecule has 0 atom stereocenters. The van der Waals surface area contributed by atoms with Crippen molar-refractivity contribution in [3.8, 4) is 11.5 Å². The van der Waals surface area contributed by atoms with Gasteiger partial charge >= 0.3 is 6.55 Å². The number of alkyl halides is 2. The minimum Gasteiger partial charge on any atom is -0.493 e. The molecule has 0 unspecified atom stereocenters. The number of methoxy groups -OCH3 is 2. The summed E-state index contributed by atoms with van der Waals surface area (Å²) in [5.41, 5.74) is 0.628. The number of likely N-dealkylation sites (N-methyl/N-ethyl adjacent to an activating group) is 1. The average Bonchev–Trinajstić information content (AvgIpc) is 3.07. The summed E-state index contributed by atoms with van der Waals surface area (Å²) in [6.45, 7) is -2.76. The van der Waals surface area contributed by atoms with E-state index in [2.05, 4.69) is 4.98 Å². The van der Waals surface area contributed by atoms with Gasteiger partial charge < -0.3 is 14.4 Å². The molecule has 2 rings (SSSR count). The van der Waals surface area contributed by atoms with E-state index in [0.717, 1.165) is 0 Å². The van der Waals surface area contributed by atoms with Gasteiger partial charge in [0.1, 0.15) is 5.82 Å². The lowest BCUT2D eigenvalue weighted by atomic mass is 10.2. The van der Waals surface area contributed by atoms with Crippen LogP contribution in [0.2, 0.25) is 5.02 Å². The van der Waals surface area contributed by atoms with Crippen LogP contribution in [0.15, 0.2) is 30.6 Å². The predicted octanol–water partition coefficient (Wildman–Crippen LogP) is 3.62. The van der Waals surface area contributed by atoms with Gasteiger partial charge in [0, 0.05) is 25.5 Å². The molecule has 0 fully saturated rings. The van der Waals surface area contributed by atoms with Crippen molar-refractivity contribution in [2.24, 2.45) is 0 Å². The van der Waals surface area contributed by atoms with E-state index in [1.807, 2.05) is 0 Å². The van der Waals surface area contributed by atoms with Crippen LogP contribution in [-0.2, 0) is 11.3 Å². The molecule has 26 heavy (non-hydrogen) atoms. The molecule has 1 aromatic carbocycles. The highest BCUT2D eigenvalue weighted by molar-refractivity contribution is 6.32. The molecular weight excluding hydrogens is 368 g/mol. The van der Waals surface area contributed by atoms with E-state index in [1.54, 1.807) is 18.2 Å². The monoisotopic (exact) mass is 385 g/mol. The first-order valence-corrected chi connectivity index (χ1v) is 7.89. The minimum atomic E-state index is -2.71. The number of carbonyl (C=O) groups is 1. The van der Waals surface area contributed by atoms with Crippen LogP contribution < -0.4 is 9.47 Å². The molecule has 0 saturated heterocycles. The molecule has 0 spiro atoms. The largest absolute Gasteiger partial charge is 0.493 e. The highest BCUT2D eigenvalue weighted by atomic mass is 35.5. The van der Waals surface area contributed by atoms with Crippen molar-refractivity contribution in [2.75, 3.05) is 21.3 Å². The number of carbonyl (C=O) groups excluding carboxylic acids is 1. The Morgan fingerprint density at radius 1 is 1.38 bits per heavy atom. The summed E-state index contributed by atoms with van der Waals surface area (Å²) in [4.78, 5) is 17.3. The molecule has 0 bridgehead atoms. The number of aromatic nitrogens is 2. The third-order valence-corrected chi connectivity index (χ3v) is 3.87. The second-order valence-electron chi connectivity index (χ2n) is 5.29. The second-order valence-corrected chi connectivity index (χ2v) is 5.70. The fourth-order valence-electron chi connectivity index (χ4n) is 2.26. The van der Waals surface area contributed by atoms with Crippen LogP contribution in [0, 0.1) is 0 Å². The van der Waals surface area contributed by atoms with E-state index >= 15 is 0 Å². The predicted molar refractivity (Wildman–Crippen MR) is 93.5 cm³/mol. The average molecular weight is 386 g/mol. The van der Waals surface area contributed by atoms with Crippen LogP contribution in [-0.4, -0.2) is 41.6 Å². The van der Waals surface area contributed by atoms with Crippen LogP contribution in [0.5, 0.6) is 11.5 Å². The molecule has 0 N–H and O–H groups in total. The van der Waals surface area contributed by atoms with Crippen molar-refractivity contribution < 1.29 is 23.0 Å². The molecule has 0 radical (unpaired) electrons. The number of halogens is 3. The van der Waals surface area contributed by atoms with Gasteiger partial charge in [-0.2, -0.15) is 8.78 Å². The summed E-state index contributed by atoms with van der Waals surface area (Å²) in [7, 11) is 4.45. The molecule has 1 heterocycles. The smallest absolute Gasteiger partial charge is 0.319 e. The summed E-state index contributed by atoms with van der Waals surface area (Å²) < 4.78 is 36.7. The Morgan fingerprint density at radius 3 is 2.73 bits per heavy atom. The van der Waals surface area contributed by atoms with Crippen molar-refractivity contribution in [3.63, 3.8) is 0 Å². The SMILES string of the molecule is COc1cc(/C=C/C(=O)N(C)Cc2nccn2C(F)F)cc(Cl)c1OC. The van der Waals surface area contributed by atoms with Gasteiger partial charge in [-0.15, -0.1) is 0 Å². The van der Waals surface area contributed by atoms with Crippen LogP contribution in [0.25, 0.3) is 6.08 Å². The lowest BCUT2D eigenvalue weighted by Crippen LogP contribution is -2.26. The summed E-state index contributed by atoms with van der Waals surface area (Å²) in [6.07, 6.45) is 5.29. The maximum absolute atomic E-state index is 12.8. The molecule has 0 aliphatic rings. The molecule has 1 aromatic heterocycles. The third-order valence-electron chi connectivity index (χ3n) is 3.59. The van der Waals surface area contributed by atoms with E-state index in [-0.39, 0.29) is 18.3 Å². The maximum Gasteiger partial charge on any atom is 0.319 e. The van der Waals surface area contributed by atoms with Crippen molar-refractivity contribution >= 4 is 23.6 Å². The second kappa shape index (κ2) is 8.66. The van der Waals surface area contributed by atoms with Crippen LogP contribution in [0.3, 0.4) is 0 Å². The third kappa shape index (κ3) is 4.51. The van der Waals surface area contributed by atoms with Crippen LogP contribution in [0.4, 0.5) is 8.78 Å². The molecule has 0 saturated carbocycles. The number of nitrogens with zero attached hydrogens (tertiary/aromatic N) is 3. The lowest BCUT2D eigenvalue weighted by Gasteiger charge is -2.15. The van der Waals surface area contributed by atoms with Crippen molar-refractivity contribution in [1.29, 1.82) is 0 Å². The van der Waals surface area contributed by atoms with Gasteiger partial charge in [0.25, 0.3) is 0 Å². The number of rotatable bonds is 7. The number of benzene rings is 1. The molecule has 140 valence electrons. The van der Waals surface area contributed by atoms with Gasteiger partial charge in [0.15, 0.2) is 11.5 Å². The van der Waals surface area contributed by atoms with E-state index in [0.29, 0.717) is 26.7 Å². The Kier molecular flexibility index (Phi) is 6.57. The zero-order chi connectivity index (χ0) is 19.3. The number of imidazole rings is 1. The minimum absolute atomic E-state index is 0.0484. The first kappa shape index (κ1) is 19.7. The molecule has 6 nitrogen and oxygen atoms in total. The van der Waals surface area contributed by atoms with Gasteiger partial charge in [0.2, 0.25) is 5.91 Å². The number of hydrogen-bond donors (Lipinski definition) is 0. The number of ether oxygens (including phenoxy) is 2. The zero-order valence-corrected chi connectivity index (χ0v) is 15.2. The summed E-state index contributed by atoms with van der Waals surface area (Å²) in [6, 6.07) is 3.29. The summed E-state index contributed by atoms with van der Waals surface area (Å²) in [5, 5.41) is 0.339. The fraction of sp³-hybridized carbons (Fsp3) is 0.294. The van der Waals surface area contributed by atoms with Gasteiger partial charge in [-0.1, -0.05) is 11.6 Å². The number of hydrogen-bond acceptors (Lipinski definition) is 4. The summed E-state index contributed by atoms with van der Waals surface area (Å²) >= 11 is 6.12. The van der Waals surface area contributed by atoms with Gasteiger partial charge in [-0.3, -0.25) is 9.36 Å². The zero-order valence-electron chi connectivity index (χ0n) is 14.4. The topological polar surface area (TPSA) is 56.6 Å². The van der Waals surface area contributed by atoms with E-state index < -0.39 is 6.55 Å². The molecule has 0 aliphatic heterocycles. The number of amides is 1. The first-order valence-electron chi connectivity index (χ1n) is 7.52. The highest BCUT2D eigenvalue weighted by Crippen LogP contribution is 2.36. The normalized spacial score (nSPS) is 11.2. The Morgan fingerprint density at radius 2 is 2.12 bits per heavy atom. The molecule has 2 aromatic rings. The molecule has 9 heteroatoms. The van der Waals surface area contributed by atoms with Gasteiger partial charge in [0.05, 0.1) is 25.8 Å². The van der Waals surface area contributed by atoms with E-state index in [1.165, 1.54) is 44.6 Å². The highest BCUT2D eigenvalue weighted by Gasteiger charge is 2.15. The quantitative estimate of drug-likeness (QED) is 0.683. The Labute approximate surface area is 154 Å². The van der Waals surface area contributed by atoms with Crippen molar-refractivity contribution in [3.05, 3.63) is 47.0 Å². The fourth-order valence-corrected chi connectivity index (χ4v) is 2.56. The lowest BCUT2D eigenvalue weighted by molar-refractivity contribution is -0.125. The maximum atomic E-state index is 12.8. The Bertz CT molecular complexity index is 809. The van der Waals surface area contributed by atoms with Crippen LogP contribution in [0.1, 0.15) is 17.9 Å². The van der Waals surface area contributed by atoms with Gasteiger partial charge in [-0.25, -0.2) is 4.98 Å². The first-order chi connectivity index (χ1) is 12.4. The molecule has 1 amide bonds. The standard InChI is InChI=1S/C17H18ClF2N3O3/c1-22(10-14-21-6-7-23(14)17(19)20)15(24)5-4-11-8-12(18)16(26-3)13(9-11)25-2/h4-9,17H,10H2,1-3H3/b5-4+. The van der Waals surface area contributed by atoms with Crippen molar-refractivity contribution in [1.82, 2.24) is 14.5 Å².